The fourth-order valence-electron chi connectivity index (χ4n) is 4.67. The third-order valence-electron chi connectivity index (χ3n) is 5.88. The number of aliphatic carboxylic acids is 1. The number of allylic oxidation sites excluding steroid dienone is 2. The number of rotatable bonds is 3. The summed E-state index contributed by atoms with van der Waals surface area (Å²) in [5.41, 5.74) is 1.76. The summed E-state index contributed by atoms with van der Waals surface area (Å²) in [6.45, 7) is 1.93. The van der Waals surface area contributed by atoms with Gasteiger partial charge in [0.05, 0.1) is 11.8 Å². The van der Waals surface area contributed by atoms with Crippen molar-refractivity contribution in [3.05, 3.63) is 40.4 Å². The van der Waals surface area contributed by atoms with Gasteiger partial charge in [-0.15, -0.1) is 0 Å². The van der Waals surface area contributed by atoms with E-state index in [1.54, 1.807) is 0 Å². The standard InChI is InChI=1S/C18H18BrNO3/c1-9-8-10(19)2-5-13(9)20-16(21)14-11-3-4-12(15(14)17(22)23)18(11)6-7-18/h2-5,8,11-12,14-15H,6-7H2,1H3,(H,20,21)(H,22,23)/t11-,12+,14+,15+/m0/s1. The molecule has 1 aromatic rings. The maximum absolute atomic E-state index is 12.9. The Morgan fingerprint density at radius 2 is 1.87 bits per heavy atom. The molecular weight excluding hydrogens is 358 g/mol. The van der Waals surface area contributed by atoms with Crippen molar-refractivity contribution in [1.82, 2.24) is 0 Å². The second-order valence-electron chi connectivity index (χ2n) is 7.01. The molecule has 4 rings (SSSR count). The van der Waals surface area contributed by atoms with Gasteiger partial charge in [0.15, 0.2) is 0 Å². The Hall–Kier alpha value is -1.62. The fourth-order valence-corrected chi connectivity index (χ4v) is 5.15. The molecule has 4 atom stereocenters. The van der Waals surface area contributed by atoms with Crippen LogP contribution in [0.3, 0.4) is 0 Å². The molecule has 2 N–H and O–H groups in total. The highest BCUT2D eigenvalue weighted by Crippen LogP contribution is 2.72. The number of benzene rings is 1. The van der Waals surface area contributed by atoms with Gasteiger partial charge in [0.1, 0.15) is 0 Å². The molecule has 0 aliphatic heterocycles. The Morgan fingerprint density at radius 3 is 2.43 bits per heavy atom. The monoisotopic (exact) mass is 375 g/mol. The molecule has 3 aliphatic rings. The molecular formula is C18H18BrNO3. The number of aryl methyl sites for hydroxylation is 1. The van der Waals surface area contributed by atoms with Crippen LogP contribution in [0.4, 0.5) is 5.69 Å². The van der Waals surface area contributed by atoms with E-state index in [2.05, 4.69) is 27.3 Å². The van der Waals surface area contributed by atoms with Gasteiger partial charge < -0.3 is 10.4 Å². The van der Waals surface area contributed by atoms with E-state index in [1.165, 1.54) is 0 Å². The smallest absolute Gasteiger partial charge is 0.307 e. The van der Waals surface area contributed by atoms with Crippen LogP contribution in [0.5, 0.6) is 0 Å². The normalized spacial score (nSPS) is 32.3. The van der Waals surface area contributed by atoms with Gasteiger partial charge >= 0.3 is 5.97 Å². The van der Waals surface area contributed by atoms with E-state index in [4.69, 9.17) is 0 Å². The van der Waals surface area contributed by atoms with Crippen LogP contribution >= 0.6 is 15.9 Å². The van der Waals surface area contributed by atoms with Crippen molar-refractivity contribution in [3.8, 4) is 0 Å². The predicted octanol–water partition coefficient (Wildman–Crippen LogP) is 3.61. The van der Waals surface area contributed by atoms with Crippen molar-refractivity contribution in [2.45, 2.75) is 19.8 Å². The Labute approximate surface area is 143 Å². The molecule has 3 aliphatic carbocycles. The predicted molar refractivity (Wildman–Crippen MR) is 89.9 cm³/mol. The molecule has 0 aromatic heterocycles. The minimum Gasteiger partial charge on any atom is -0.481 e. The number of carboxylic acid groups (broad SMARTS) is 1. The molecule has 1 aromatic carbocycles. The van der Waals surface area contributed by atoms with Crippen molar-refractivity contribution in [2.24, 2.45) is 29.1 Å². The SMILES string of the molecule is Cc1cc(Br)ccc1NC(=O)[C@H]1[C@H](C(=O)O)[C@H]2C=C[C@@H]1C21CC1. The van der Waals surface area contributed by atoms with E-state index in [0.29, 0.717) is 0 Å². The van der Waals surface area contributed by atoms with Crippen LogP contribution in [0.15, 0.2) is 34.8 Å². The molecule has 0 saturated heterocycles. The number of carboxylic acids is 1. The molecule has 0 heterocycles. The average Bonchev–Trinajstić information content (AvgIpc) is 3.15. The number of nitrogens with one attached hydrogen (secondary N) is 1. The molecule has 4 nitrogen and oxygen atoms in total. The summed E-state index contributed by atoms with van der Waals surface area (Å²) in [6.07, 6.45) is 6.20. The lowest BCUT2D eigenvalue weighted by atomic mass is 9.82. The number of anilines is 1. The third-order valence-corrected chi connectivity index (χ3v) is 6.37. The van der Waals surface area contributed by atoms with Gasteiger partial charge in [0.2, 0.25) is 5.91 Å². The van der Waals surface area contributed by atoms with Gasteiger partial charge in [0, 0.05) is 10.2 Å². The summed E-state index contributed by atoms with van der Waals surface area (Å²) < 4.78 is 0.955. The first-order valence-electron chi connectivity index (χ1n) is 7.92. The van der Waals surface area contributed by atoms with Gasteiger partial charge in [-0.3, -0.25) is 9.59 Å². The van der Waals surface area contributed by atoms with Crippen LogP contribution in [-0.4, -0.2) is 17.0 Å². The first-order valence-corrected chi connectivity index (χ1v) is 8.71. The molecule has 1 spiro atoms. The highest BCUT2D eigenvalue weighted by Gasteiger charge is 2.70. The first-order chi connectivity index (χ1) is 10.9. The van der Waals surface area contributed by atoms with Gasteiger partial charge in [-0.25, -0.2) is 0 Å². The molecule has 0 unspecified atom stereocenters. The van der Waals surface area contributed by atoms with Crippen LogP contribution in [0, 0.1) is 36.0 Å². The Bertz CT molecular complexity index is 738. The van der Waals surface area contributed by atoms with Crippen molar-refractivity contribution in [3.63, 3.8) is 0 Å². The van der Waals surface area contributed by atoms with Gasteiger partial charge in [-0.05, 0) is 60.8 Å². The number of carbonyl (C=O) groups is 2. The maximum atomic E-state index is 12.9. The average molecular weight is 376 g/mol. The zero-order valence-electron chi connectivity index (χ0n) is 12.8. The van der Waals surface area contributed by atoms with E-state index in [9.17, 15) is 14.7 Å². The minimum atomic E-state index is -0.846. The molecule has 120 valence electrons. The molecule has 2 bridgehead atoms. The van der Waals surface area contributed by atoms with Crippen LogP contribution in [0.1, 0.15) is 18.4 Å². The quantitative estimate of drug-likeness (QED) is 0.793. The Kier molecular flexibility index (Phi) is 3.21. The second-order valence-corrected chi connectivity index (χ2v) is 7.92. The first kappa shape index (κ1) is 14.9. The fraction of sp³-hybridized carbons (Fsp3) is 0.444. The van der Waals surface area contributed by atoms with Gasteiger partial charge in [-0.1, -0.05) is 28.1 Å². The Balaban J connectivity index is 1.62. The third kappa shape index (κ3) is 2.09. The zero-order valence-corrected chi connectivity index (χ0v) is 14.3. The van der Waals surface area contributed by atoms with Crippen molar-refractivity contribution in [2.75, 3.05) is 5.32 Å². The van der Waals surface area contributed by atoms with Crippen molar-refractivity contribution < 1.29 is 14.7 Å². The van der Waals surface area contributed by atoms with Crippen molar-refractivity contribution in [1.29, 1.82) is 0 Å². The van der Waals surface area contributed by atoms with Crippen LogP contribution in [0.2, 0.25) is 0 Å². The van der Waals surface area contributed by atoms with E-state index >= 15 is 0 Å². The minimum absolute atomic E-state index is 0.0202. The van der Waals surface area contributed by atoms with E-state index in [0.717, 1.165) is 28.6 Å². The summed E-state index contributed by atoms with van der Waals surface area (Å²) in [5, 5.41) is 12.6. The number of halogens is 1. The summed E-state index contributed by atoms with van der Waals surface area (Å²) >= 11 is 3.41. The summed E-state index contributed by atoms with van der Waals surface area (Å²) in [5.74, 6) is -1.97. The lowest BCUT2D eigenvalue weighted by molar-refractivity contribution is -0.146. The van der Waals surface area contributed by atoms with Crippen LogP contribution in [0.25, 0.3) is 0 Å². The maximum Gasteiger partial charge on any atom is 0.307 e. The lowest BCUT2D eigenvalue weighted by Crippen LogP contribution is -2.36. The van der Waals surface area contributed by atoms with Gasteiger partial charge in [-0.2, -0.15) is 0 Å². The molecule has 23 heavy (non-hydrogen) atoms. The molecule has 5 heteroatoms. The Morgan fingerprint density at radius 1 is 1.22 bits per heavy atom. The highest BCUT2D eigenvalue weighted by molar-refractivity contribution is 9.10. The van der Waals surface area contributed by atoms with E-state index < -0.39 is 17.8 Å². The van der Waals surface area contributed by atoms with E-state index in [1.807, 2.05) is 31.2 Å². The highest BCUT2D eigenvalue weighted by atomic mass is 79.9. The van der Waals surface area contributed by atoms with E-state index in [-0.39, 0.29) is 23.2 Å². The summed E-state index contributed by atoms with van der Waals surface area (Å²) in [6, 6.07) is 5.66. The molecule has 2 fully saturated rings. The van der Waals surface area contributed by atoms with Crippen molar-refractivity contribution >= 4 is 33.5 Å². The number of hydrogen-bond acceptors (Lipinski definition) is 2. The number of carbonyl (C=O) groups excluding carboxylic acids is 1. The summed E-state index contributed by atoms with van der Waals surface area (Å²) in [7, 11) is 0. The molecule has 0 radical (unpaired) electrons. The zero-order chi connectivity index (χ0) is 16.4. The second kappa shape index (κ2) is 4.94. The molecule has 1 amide bonds. The summed E-state index contributed by atoms with van der Waals surface area (Å²) in [4.78, 5) is 24.6. The molecule has 2 saturated carbocycles. The van der Waals surface area contributed by atoms with Crippen LogP contribution < -0.4 is 5.32 Å². The largest absolute Gasteiger partial charge is 0.481 e. The number of amides is 1. The van der Waals surface area contributed by atoms with Gasteiger partial charge in [0.25, 0.3) is 0 Å². The lowest BCUT2D eigenvalue weighted by Gasteiger charge is -2.24. The topological polar surface area (TPSA) is 66.4 Å². The van der Waals surface area contributed by atoms with Crippen LogP contribution in [-0.2, 0) is 9.59 Å². The number of hydrogen-bond donors (Lipinski definition) is 2.